The monoisotopic (exact) mass is 527 g/mol. The Morgan fingerprint density at radius 3 is 2.33 bits per heavy atom. The van der Waals surface area contributed by atoms with Crippen LogP contribution < -0.4 is 10.7 Å². The highest BCUT2D eigenvalue weighted by atomic mass is 16.5. The maximum absolute atomic E-state index is 13.7. The Labute approximate surface area is 227 Å². The molecule has 3 aromatic carbocycles. The first-order valence-corrected chi connectivity index (χ1v) is 12.8. The summed E-state index contributed by atoms with van der Waals surface area (Å²) >= 11 is 0. The lowest BCUT2D eigenvalue weighted by Crippen LogP contribution is -2.45. The van der Waals surface area contributed by atoms with Crippen molar-refractivity contribution < 1.29 is 18.7 Å². The summed E-state index contributed by atoms with van der Waals surface area (Å²) in [5.41, 5.74) is 4.23. The fourth-order valence-corrected chi connectivity index (χ4v) is 4.19. The van der Waals surface area contributed by atoms with Gasteiger partial charge in [-0.05, 0) is 43.7 Å². The fraction of sp³-hybridized carbons (Fsp3) is 0.258. The fourth-order valence-electron chi connectivity index (χ4n) is 4.19. The zero-order valence-electron chi connectivity index (χ0n) is 22.5. The van der Waals surface area contributed by atoms with Gasteiger partial charge in [0.15, 0.2) is 5.43 Å². The number of anilines is 1. The summed E-state index contributed by atoms with van der Waals surface area (Å²) in [6.45, 7) is 4.48. The van der Waals surface area contributed by atoms with Crippen LogP contribution in [-0.2, 0) is 22.6 Å². The number of fused-ring (bicyclic) bond motifs is 1. The highest BCUT2D eigenvalue weighted by Crippen LogP contribution is 2.16. The van der Waals surface area contributed by atoms with Crippen LogP contribution in [0, 0.1) is 13.8 Å². The SMILES string of the molecule is COCCN(CC(=O)N(Cc1ccccc1)Cc1coc2ccc(C)cc2c1=O)C(=O)Nc1ccc(C)cc1. The molecule has 0 saturated heterocycles. The Hall–Kier alpha value is -4.43. The van der Waals surface area contributed by atoms with E-state index in [-0.39, 0.29) is 44.1 Å². The number of nitrogens with zero attached hydrogens (tertiary/aromatic N) is 2. The number of hydrogen-bond donors (Lipinski definition) is 1. The third-order valence-corrected chi connectivity index (χ3v) is 6.41. The molecule has 1 aromatic heterocycles. The number of urea groups is 1. The normalized spacial score (nSPS) is 10.8. The summed E-state index contributed by atoms with van der Waals surface area (Å²) in [4.78, 5) is 43.1. The number of rotatable bonds is 10. The van der Waals surface area contributed by atoms with Crippen molar-refractivity contribution in [2.24, 2.45) is 0 Å². The number of methoxy groups -OCH3 is 1. The van der Waals surface area contributed by atoms with Gasteiger partial charge in [0.2, 0.25) is 5.91 Å². The van der Waals surface area contributed by atoms with E-state index in [4.69, 9.17) is 9.15 Å². The maximum atomic E-state index is 13.7. The van der Waals surface area contributed by atoms with Crippen LogP contribution in [0.5, 0.6) is 0 Å². The molecule has 0 unspecified atom stereocenters. The van der Waals surface area contributed by atoms with Crippen molar-refractivity contribution >= 4 is 28.6 Å². The Balaban J connectivity index is 1.59. The molecule has 0 aliphatic carbocycles. The summed E-state index contributed by atoms with van der Waals surface area (Å²) in [7, 11) is 1.54. The maximum Gasteiger partial charge on any atom is 0.322 e. The predicted molar refractivity (Wildman–Crippen MR) is 152 cm³/mol. The van der Waals surface area contributed by atoms with E-state index < -0.39 is 6.03 Å². The predicted octanol–water partition coefficient (Wildman–Crippen LogP) is 5.12. The van der Waals surface area contributed by atoms with Crippen molar-refractivity contribution in [2.75, 3.05) is 32.1 Å². The van der Waals surface area contributed by atoms with E-state index in [2.05, 4.69) is 5.32 Å². The number of aryl methyl sites for hydroxylation is 2. The molecule has 1 N–H and O–H groups in total. The number of benzene rings is 3. The lowest BCUT2D eigenvalue weighted by atomic mass is 10.1. The van der Waals surface area contributed by atoms with Gasteiger partial charge in [0.1, 0.15) is 12.1 Å². The third kappa shape index (κ3) is 7.33. The first-order chi connectivity index (χ1) is 18.8. The average molecular weight is 528 g/mol. The van der Waals surface area contributed by atoms with E-state index in [1.165, 1.54) is 11.2 Å². The lowest BCUT2D eigenvalue weighted by molar-refractivity contribution is -0.133. The second-order valence-corrected chi connectivity index (χ2v) is 9.54. The Bertz CT molecular complexity index is 1480. The van der Waals surface area contributed by atoms with Gasteiger partial charge in [-0.2, -0.15) is 0 Å². The van der Waals surface area contributed by atoms with Crippen LogP contribution in [0.3, 0.4) is 0 Å². The molecule has 8 heteroatoms. The van der Waals surface area contributed by atoms with E-state index >= 15 is 0 Å². The van der Waals surface area contributed by atoms with Gasteiger partial charge in [-0.1, -0.05) is 59.7 Å². The minimum Gasteiger partial charge on any atom is -0.464 e. The van der Waals surface area contributed by atoms with Gasteiger partial charge in [0.05, 0.1) is 30.4 Å². The molecule has 4 aromatic rings. The molecule has 0 aliphatic heterocycles. The highest BCUT2D eigenvalue weighted by Gasteiger charge is 2.23. The number of ether oxygens (including phenoxy) is 1. The number of amides is 3. The van der Waals surface area contributed by atoms with Gasteiger partial charge in [-0.3, -0.25) is 9.59 Å². The van der Waals surface area contributed by atoms with Crippen molar-refractivity contribution in [3.05, 3.63) is 112 Å². The van der Waals surface area contributed by atoms with Crippen LogP contribution in [0.1, 0.15) is 22.3 Å². The Morgan fingerprint density at radius 1 is 0.897 bits per heavy atom. The van der Waals surface area contributed by atoms with Crippen molar-refractivity contribution in [3.63, 3.8) is 0 Å². The molecular weight excluding hydrogens is 494 g/mol. The van der Waals surface area contributed by atoms with E-state index in [1.54, 1.807) is 24.1 Å². The van der Waals surface area contributed by atoms with Crippen LogP contribution >= 0.6 is 0 Å². The van der Waals surface area contributed by atoms with Gasteiger partial charge in [-0.15, -0.1) is 0 Å². The van der Waals surface area contributed by atoms with Gasteiger partial charge in [0, 0.05) is 25.9 Å². The van der Waals surface area contributed by atoms with Gasteiger partial charge in [-0.25, -0.2) is 4.79 Å². The topological polar surface area (TPSA) is 92.1 Å². The molecule has 39 heavy (non-hydrogen) atoms. The minimum absolute atomic E-state index is 0.0393. The third-order valence-electron chi connectivity index (χ3n) is 6.41. The zero-order valence-corrected chi connectivity index (χ0v) is 22.5. The average Bonchev–Trinajstić information content (AvgIpc) is 2.94. The summed E-state index contributed by atoms with van der Waals surface area (Å²) < 4.78 is 10.9. The van der Waals surface area contributed by atoms with E-state index in [1.807, 2.05) is 74.5 Å². The van der Waals surface area contributed by atoms with Crippen LogP contribution in [-0.4, -0.2) is 48.5 Å². The van der Waals surface area contributed by atoms with Gasteiger partial charge in [0.25, 0.3) is 0 Å². The second kappa shape index (κ2) is 12.9. The summed E-state index contributed by atoms with van der Waals surface area (Å²) in [5, 5.41) is 3.32. The molecule has 0 atom stereocenters. The molecule has 3 amide bonds. The molecule has 0 aliphatic rings. The molecular formula is C31H33N3O5. The zero-order chi connectivity index (χ0) is 27.8. The van der Waals surface area contributed by atoms with Crippen LogP contribution in [0.2, 0.25) is 0 Å². The molecule has 0 spiro atoms. The smallest absolute Gasteiger partial charge is 0.322 e. The second-order valence-electron chi connectivity index (χ2n) is 9.54. The van der Waals surface area contributed by atoms with Crippen molar-refractivity contribution in [1.29, 1.82) is 0 Å². The lowest BCUT2D eigenvalue weighted by Gasteiger charge is -2.28. The molecule has 202 valence electrons. The molecule has 0 radical (unpaired) electrons. The molecule has 4 rings (SSSR count). The van der Waals surface area contributed by atoms with Crippen molar-refractivity contribution in [2.45, 2.75) is 26.9 Å². The first-order valence-electron chi connectivity index (χ1n) is 12.8. The molecule has 0 bridgehead atoms. The quantitative estimate of drug-likeness (QED) is 0.309. The highest BCUT2D eigenvalue weighted by molar-refractivity contribution is 5.92. The summed E-state index contributed by atoms with van der Waals surface area (Å²) in [5.74, 6) is -0.308. The van der Waals surface area contributed by atoms with E-state index in [0.717, 1.165) is 16.7 Å². The van der Waals surface area contributed by atoms with E-state index in [9.17, 15) is 14.4 Å². The van der Waals surface area contributed by atoms with Crippen LogP contribution in [0.25, 0.3) is 11.0 Å². The number of carbonyl (C=O) groups excluding carboxylic acids is 2. The van der Waals surface area contributed by atoms with Crippen molar-refractivity contribution in [3.8, 4) is 0 Å². The van der Waals surface area contributed by atoms with Gasteiger partial charge < -0.3 is 24.3 Å². The number of nitrogens with one attached hydrogen (secondary N) is 1. The molecule has 8 nitrogen and oxygen atoms in total. The molecule has 0 fully saturated rings. The molecule has 0 saturated carbocycles. The van der Waals surface area contributed by atoms with Gasteiger partial charge >= 0.3 is 6.03 Å². The Morgan fingerprint density at radius 2 is 1.62 bits per heavy atom. The minimum atomic E-state index is -0.412. The van der Waals surface area contributed by atoms with E-state index in [0.29, 0.717) is 22.2 Å². The largest absolute Gasteiger partial charge is 0.464 e. The summed E-state index contributed by atoms with van der Waals surface area (Å²) in [6.07, 6.45) is 1.41. The first kappa shape index (κ1) is 27.6. The standard InChI is InChI=1S/C31H33N3O5/c1-22-9-12-26(13-10-22)32-31(37)33(15-16-38-3)20-29(35)34(18-24-7-5-4-6-8-24)19-25-21-39-28-14-11-23(2)17-27(28)30(25)36/h4-14,17,21H,15-16,18-20H2,1-3H3,(H,32,37). The van der Waals surface area contributed by atoms with Crippen molar-refractivity contribution in [1.82, 2.24) is 9.80 Å². The van der Waals surface area contributed by atoms with Crippen LogP contribution in [0.15, 0.2) is 88.3 Å². The molecule has 1 heterocycles. The van der Waals surface area contributed by atoms with Crippen LogP contribution in [0.4, 0.5) is 10.5 Å². The number of carbonyl (C=O) groups is 2. The summed E-state index contributed by atoms with van der Waals surface area (Å²) in [6, 6.07) is 22.0. The Kier molecular flexibility index (Phi) is 9.12. The number of hydrogen-bond acceptors (Lipinski definition) is 5.